The van der Waals surface area contributed by atoms with Crippen LogP contribution in [0.1, 0.15) is 51.6 Å². The maximum atomic E-state index is 6.17. The second kappa shape index (κ2) is 5.63. The fraction of sp³-hybridized carbons (Fsp3) is 0.786. The molecule has 1 heterocycles. The van der Waals surface area contributed by atoms with Crippen molar-refractivity contribution in [3.63, 3.8) is 0 Å². The summed E-state index contributed by atoms with van der Waals surface area (Å²) in [4.78, 5) is 0. The largest absolute Gasteiger partial charge is 0.394 e. The molecule has 102 valence electrons. The highest BCUT2D eigenvalue weighted by Crippen LogP contribution is 2.29. The van der Waals surface area contributed by atoms with E-state index in [0.29, 0.717) is 12.0 Å². The number of aromatic nitrogens is 2. The number of hydrogen-bond acceptors (Lipinski definition) is 3. The monoisotopic (exact) mass is 250 g/mol. The number of anilines is 2. The van der Waals surface area contributed by atoms with Crippen LogP contribution in [0.5, 0.6) is 0 Å². The Balaban J connectivity index is 2.14. The highest BCUT2D eigenvalue weighted by Gasteiger charge is 2.22. The van der Waals surface area contributed by atoms with E-state index in [2.05, 4.69) is 24.3 Å². The summed E-state index contributed by atoms with van der Waals surface area (Å²) in [5.74, 6) is 1.72. The molecule has 4 nitrogen and oxygen atoms in total. The lowest BCUT2D eigenvalue weighted by Crippen LogP contribution is -2.27. The van der Waals surface area contributed by atoms with Crippen LogP contribution in [0.25, 0.3) is 0 Å². The molecule has 1 aliphatic rings. The molecule has 1 aromatic heterocycles. The molecule has 2 unspecified atom stereocenters. The van der Waals surface area contributed by atoms with Gasteiger partial charge in [0.1, 0.15) is 5.82 Å². The fourth-order valence-corrected chi connectivity index (χ4v) is 2.91. The average molecular weight is 250 g/mol. The summed E-state index contributed by atoms with van der Waals surface area (Å²) < 4.78 is 1.89. The summed E-state index contributed by atoms with van der Waals surface area (Å²) >= 11 is 0. The molecule has 2 rings (SSSR count). The molecule has 0 spiro atoms. The molecular formula is C14H26N4. The van der Waals surface area contributed by atoms with Gasteiger partial charge < -0.3 is 11.1 Å². The van der Waals surface area contributed by atoms with E-state index in [4.69, 9.17) is 5.73 Å². The van der Waals surface area contributed by atoms with Crippen molar-refractivity contribution in [2.75, 3.05) is 11.1 Å². The van der Waals surface area contributed by atoms with Crippen LogP contribution in [0, 0.1) is 5.92 Å². The van der Waals surface area contributed by atoms with Gasteiger partial charge in [-0.2, -0.15) is 5.10 Å². The first-order valence-electron chi connectivity index (χ1n) is 7.21. The zero-order valence-electron chi connectivity index (χ0n) is 11.9. The summed E-state index contributed by atoms with van der Waals surface area (Å²) in [6, 6.07) is 0.537. The second-order valence-electron chi connectivity index (χ2n) is 5.55. The Bertz CT molecular complexity index is 397. The van der Waals surface area contributed by atoms with E-state index in [1.807, 2.05) is 11.7 Å². The first kappa shape index (κ1) is 13.2. The third kappa shape index (κ3) is 2.62. The van der Waals surface area contributed by atoms with Crippen LogP contribution < -0.4 is 11.1 Å². The first-order chi connectivity index (χ1) is 8.63. The highest BCUT2D eigenvalue weighted by atomic mass is 15.3. The fourth-order valence-electron chi connectivity index (χ4n) is 2.91. The Morgan fingerprint density at radius 2 is 2.06 bits per heavy atom. The van der Waals surface area contributed by atoms with Gasteiger partial charge in [-0.25, -0.2) is 0 Å². The van der Waals surface area contributed by atoms with Crippen molar-refractivity contribution in [1.82, 2.24) is 9.78 Å². The second-order valence-corrected chi connectivity index (χ2v) is 5.55. The Kier molecular flexibility index (Phi) is 4.15. The van der Waals surface area contributed by atoms with Crippen molar-refractivity contribution < 1.29 is 0 Å². The number of nitrogens with one attached hydrogen (secondary N) is 1. The molecule has 1 aliphatic carbocycles. The summed E-state index contributed by atoms with van der Waals surface area (Å²) in [6.07, 6.45) is 7.50. The number of nitrogen functional groups attached to an aromatic ring is 1. The van der Waals surface area contributed by atoms with Crippen LogP contribution in [0.4, 0.5) is 11.5 Å². The predicted octanol–water partition coefficient (Wildman–Crippen LogP) is 2.95. The standard InChI is InChI=1S/C14H26N4/c1-4-11-13(15)14(18(3)17-11)16-12-9-7-5-6-8-10(12)2/h10,12,16H,4-9,15H2,1-3H3. The quantitative estimate of drug-likeness (QED) is 0.811. The van der Waals surface area contributed by atoms with Crippen molar-refractivity contribution >= 4 is 11.5 Å². The van der Waals surface area contributed by atoms with E-state index in [0.717, 1.165) is 23.6 Å². The molecule has 3 N–H and O–H groups in total. The molecule has 0 aromatic carbocycles. The van der Waals surface area contributed by atoms with Crippen molar-refractivity contribution in [3.8, 4) is 0 Å². The van der Waals surface area contributed by atoms with Crippen molar-refractivity contribution in [1.29, 1.82) is 0 Å². The minimum absolute atomic E-state index is 0.537. The molecule has 2 atom stereocenters. The van der Waals surface area contributed by atoms with Crippen LogP contribution in [-0.2, 0) is 13.5 Å². The minimum Gasteiger partial charge on any atom is -0.394 e. The zero-order chi connectivity index (χ0) is 13.1. The van der Waals surface area contributed by atoms with Gasteiger partial charge in [0, 0.05) is 13.1 Å². The van der Waals surface area contributed by atoms with E-state index >= 15 is 0 Å². The highest BCUT2D eigenvalue weighted by molar-refractivity contribution is 5.65. The van der Waals surface area contributed by atoms with E-state index < -0.39 is 0 Å². The molecule has 0 aliphatic heterocycles. The lowest BCUT2D eigenvalue weighted by molar-refractivity contribution is 0.454. The number of rotatable bonds is 3. The van der Waals surface area contributed by atoms with Gasteiger partial charge in [-0.05, 0) is 25.2 Å². The minimum atomic E-state index is 0.537. The summed E-state index contributed by atoms with van der Waals surface area (Å²) in [7, 11) is 1.97. The van der Waals surface area contributed by atoms with E-state index in [1.165, 1.54) is 32.1 Å². The smallest absolute Gasteiger partial charge is 0.148 e. The molecule has 0 radical (unpaired) electrons. The van der Waals surface area contributed by atoms with Crippen LogP contribution in [-0.4, -0.2) is 15.8 Å². The van der Waals surface area contributed by atoms with Gasteiger partial charge in [0.2, 0.25) is 0 Å². The van der Waals surface area contributed by atoms with Gasteiger partial charge >= 0.3 is 0 Å². The maximum Gasteiger partial charge on any atom is 0.148 e. The van der Waals surface area contributed by atoms with Gasteiger partial charge in [0.05, 0.1) is 11.4 Å². The van der Waals surface area contributed by atoms with Crippen LogP contribution in [0.15, 0.2) is 0 Å². The summed E-state index contributed by atoms with van der Waals surface area (Å²) in [5.41, 5.74) is 8.00. The number of nitrogens with zero attached hydrogens (tertiary/aromatic N) is 2. The Labute approximate surface area is 110 Å². The van der Waals surface area contributed by atoms with Crippen LogP contribution in [0.3, 0.4) is 0 Å². The molecule has 18 heavy (non-hydrogen) atoms. The number of aryl methyl sites for hydroxylation is 2. The van der Waals surface area contributed by atoms with E-state index in [9.17, 15) is 0 Å². The van der Waals surface area contributed by atoms with Gasteiger partial charge in [-0.15, -0.1) is 0 Å². The van der Waals surface area contributed by atoms with Crippen molar-refractivity contribution in [2.24, 2.45) is 13.0 Å². The van der Waals surface area contributed by atoms with Crippen LogP contribution >= 0.6 is 0 Å². The molecule has 1 saturated carbocycles. The molecule has 0 amide bonds. The van der Waals surface area contributed by atoms with E-state index in [1.54, 1.807) is 0 Å². The Morgan fingerprint density at radius 3 is 2.72 bits per heavy atom. The van der Waals surface area contributed by atoms with Crippen LogP contribution in [0.2, 0.25) is 0 Å². The molecule has 0 saturated heterocycles. The van der Waals surface area contributed by atoms with Gasteiger partial charge in [-0.3, -0.25) is 4.68 Å². The van der Waals surface area contributed by atoms with Crippen molar-refractivity contribution in [2.45, 2.75) is 58.4 Å². The molecular weight excluding hydrogens is 224 g/mol. The van der Waals surface area contributed by atoms with Gasteiger partial charge in [0.15, 0.2) is 0 Å². The molecule has 0 bridgehead atoms. The van der Waals surface area contributed by atoms with Crippen molar-refractivity contribution in [3.05, 3.63) is 5.69 Å². The lowest BCUT2D eigenvalue weighted by Gasteiger charge is -2.24. The maximum absolute atomic E-state index is 6.17. The molecule has 1 fully saturated rings. The summed E-state index contributed by atoms with van der Waals surface area (Å²) in [6.45, 7) is 4.44. The normalized spacial score (nSPS) is 24.8. The molecule has 1 aromatic rings. The topological polar surface area (TPSA) is 55.9 Å². The lowest BCUT2D eigenvalue weighted by atomic mass is 9.97. The average Bonchev–Trinajstić information content (AvgIpc) is 2.52. The third-order valence-corrected chi connectivity index (χ3v) is 4.18. The van der Waals surface area contributed by atoms with E-state index in [-0.39, 0.29) is 0 Å². The number of hydrogen-bond donors (Lipinski definition) is 2. The Hall–Kier alpha value is -1.19. The predicted molar refractivity (Wildman–Crippen MR) is 76.7 cm³/mol. The Morgan fingerprint density at radius 1 is 1.33 bits per heavy atom. The van der Waals surface area contributed by atoms with Gasteiger partial charge in [-0.1, -0.05) is 33.1 Å². The summed E-state index contributed by atoms with van der Waals surface area (Å²) in [5, 5.41) is 8.11. The zero-order valence-corrected chi connectivity index (χ0v) is 11.9. The van der Waals surface area contributed by atoms with Gasteiger partial charge in [0.25, 0.3) is 0 Å². The first-order valence-corrected chi connectivity index (χ1v) is 7.21. The SMILES string of the molecule is CCc1nn(C)c(NC2CCCCCC2C)c1N. The molecule has 4 heteroatoms. The number of nitrogens with two attached hydrogens (primary N) is 1. The third-order valence-electron chi connectivity index (χ3n) is 4.18.